The summed E-state index contributed by atoms with van der Waals surface area (Å²) in [5.41, 5.74) is -0.899. The van der Waals surface area contributed by atoms with Gasteiger partial charge in [0.25, 0.3) is 0 Å². The Kier molecular flexibility index (Phi) is 4.62. The Morgan fingerprint density at radius 2 is 2.20 bits per heavy atom. The van der Waals surface area contributed by atoms with Gasteiger partial charge in [0.2, 0.25) is 5.95 Å². The molecule has 1 atom stereocenters. The minimum Gasteiger partial charge on any atom is -0.354 e. The molecule has 1 N–H and O–H groups in total. The summed E-state index contributed by atoms with van der Waals surface area (Å²) >= 11 is 1.80. The standard InChI is InChI=1S/C12H17F3N4S/c1-3-16-11-17-9(12(13,14)15)6-10(18-11)19-4-5-20-7-8(19)2/h6,8H,3-5,7H2,1-2H3,(H,16,17,18). The van der Waals surface area contributed by atoms with Crippen LogP contribution in [0.5, 0.6) is 0 Å². The third-order valence-corrected chi connectivity index (χ3v) is 4.19. The molecule has 112 valence electrons. The van der Waals surface area contributed by atoms with Crippen LogP contribution in [0.2, 0.25) is 0 Å². The van der Waals surface area contributed by atoms with Crippen LogP contribution in [0.1, 0.15) is 19.5 Å². The third-order valence-electron chi connectivity index (χ3n) is 3.00. The zero-order valence-electron chi connectivity index (χ0n) is 11.4. The van der Waals surface area contributed by atoms with Crippen molar-refractivity contribution in [3.63, 3.8) is 0 Å². The number of aromatic nitrogens is 2. The van der Waals surface area contributed by atoms with E-state index in [4.69, 9.17) is 0 Å². The van der Waals surface area contributed by atoms with Gasteiger partial charge in [-0.3, -0.25) is 0 Å². The normalized spacial score (nSPS) is 20.1. The highest BCUT2D eigenvalue weighted by Crippen LogP contribution is 2.32. The van der Waals surface area contributed by atoms with E-state index >= 15 is 0 Å². The average Bonchev–Trinajstić information content (AvgIpc) is 2.38. The number of nitrogens with zero attached hydrogens (tertiary/aromatic N) is 3. The van der Waals surface area contributed by atoms with E-state index in [9.17, 15) is 13.2 Å². The van der Waals surface area contributed by atoms with Gasteiger partial charge in [-0.05, 0) is 13.8 Å². The number of rotatable bonds is 3. The van der Waals surface area contributed by atoms with Crippen LogP contribution < -0.4 is 10.2 Å². The lowest BCUT2D eigenvalue weighted by Crippen LogP contribution is -2.41. The van der Waals surface area contributed by atoms with E-state index in [0.717, 1.165) is 17.6 Å². The average molecular weight is 306 g/mol. The summed E-state index contributed by atoms with van der Waals surface area (Å²) in [4.78, 5) is 9.65. The molecule has 1 aromatic rings. The van der Waals surface area contributed by atoms with Crippen molar-refractivity contribution in [1.82, 2.24) is 9.97 Å². The van der Waals surface area contributed by atoms with Crippen LogP contribution in [-0.4, -0.2) is 40.6 Å². The molecule has 2 heterocycles. The monoisotopic (exact) mass is 306 g/mol. The minimum absolute atomic E-state index is 0.0303. The number of thioether (sulfide) groups is 1. The van der Waals surface area contributed by atoms with Crippen LogP contribution in [0.4, 0.5) is 24.9 Å². The molecule has 1 saturated heterocycles. The largest absolute Gasteiger partial charge is 0.433 e. The van der Waals surface area contributed by atoms with Crippen molar-refractivity contribution in [2.45, 2.75) is 26.1 Å². The molecule has 0 bridgehead atoms. The van der Waals surface area contributed by atoms with Crippen LogP contribution in [0.15, 0.2) is 6.07 Å². The van der Waals surface area contributed by atoms with Crippen molar-refractivity contribution in [1.29, 1.82) is 0 Å². The molecule has 1 fully saturated rings. The van der Waals surface area contributed by atoms with E-state index < -0.39 is 11.9 Å². The number of hydrogen-bond acceptors (Lipinski definition) is 5. The highest BCUT2D eigenvalue weighted by Gasteiger charge is 2.34. The summed E-state index contributed by atoms with van der Waals surface area (Å²) in [5, 5.41) is 2.76. The molecule has 0 aliphatic carbocycles. The van der Waals surface area contributed by atoms with Gasteiger partial charge in [-0.2, -0.15) is 29.9 Å². The summed E-state index contributed by atoms with van der Waals surface area (Å²) in [7, 11) is 0. The van der Waals surface area contributed by atoms with Crippen molar-refractivity contribution in [2.24, 2.45) is 0 Å². The Morgan fingerprint density at radius 3 is 2.80 bits per heavy atom. The van der Waals surface area contributed by atoms with E-state index in [0.29, 0.717) is 18.9 Å². The molecule has 2 rings (SSSR count). The molecule has 4 nitrogen and oxygen atoms in total. The van der Waals surface area contributed by atoms with E-state index in [1.54, 1.807) is 18.7 Å². The maximum absolute atomic E-state index is 12.9. The quantitative estimate of drug-likeness (QED) is 0.930. The summed E-state index contributed by atoms with van der Waals surface area (Å²) in [6.45, 7) is 4.97. The number of nitrogens with one attached hydrogen (secondary N) is 1. The summed E-state index contributed by atoms with van der Waals surface area (Å²) in [6.07, 6.45) is -4.46. The summed E-state index contributed by atoms with van der Waals surface area (Å²) < 4.78 is 38.7. The topological polar surface area (TPSA) is 41.1 Å². The minimum atomic E-state index is -4.46. The summed E-state index contributed by atoms with van der Waals surface area (Å²) in [5.74, 6) is 2.16. The van der Waals surface area contributed by atoms with Crippen LogP contribution in [0.25, 0.3) is 0 Å². The molecule has 1 unspecified atom stereocenters. The van der Waals surface area contributed by atoms with Gasteiger partial charge in [0.05, 0.1) is 0 Å². The lowest BCUT2D eigenvalue weighted by molar-refractivity contribution is -0.141. The molecule has 8 heteroatoms. The summed E-state index contributed by atoms with van der Waals surface area (Å²) in [6, 6.07) is 1.20. The molecule has 1 aliphatic heterocycles. The van der Waals surface area contributed by atoms with Gasteiger partial charge >= 0.3 is 6.18 Å². The molecular formula is C12H17F3N4S. The highest BCUT2D eigenvalue weighted by molar-refractivity contribution is 7.99. The SMILES string of the molecule is CCNc1nc(N2CCSCC2C)cc(C(F)(F)F)n1. The number of anilines is 2. The van der Waals surface area contributed by atoms with Crippen molar-refractivity contribution in [2.75, 3.05) is 34.8 Å². The fourth-order valence-electron chi connectivity index (χ4n) is 2.03. The molecule has 20 heavy (non-hydrogen) atoms. The van der Waals surface area contributed by atoms with Crippen molar-refractivity contribution in [3.8, 4) is 0 Å². The molecule has 0 aromatic carbocycles. The number of halogens is 3. The van der Waals surface area contributed by atoms with Gasteiger partial charge in [0, 0.05) is 36.7 Å². The van der Waals surface area contributed by atoms with Crippen LogP contribution in [0, 0.1) is 0 Å². The molecule has 0 amide bonds. The first kappa shape index (κ1) is 15.2. The first-order chi connectivity index (χ1) is 9.41. The Bertz CT molecular complexity index is 467. The second kappa shape index (κ2) is 6.07. The van der Waals surface area contributed by atoms with Crippen molar-refractivity contribution >= 4 is 23.5 Å². The number of alkyl halides is 3. The molecule has 0 radical (unpaired) electrons. The molecule has 0 spiro atoms. The van der Waals surface area contributed by atoms with E-state index in [1.165, 1.54) is 0 Å². The Hall–Kier alpha value is -1.18. The maximum atomic E-state index is 12.9. The Labute approximate surface area is 120 Å². The van der Waals surface area contributed by atoms with Gasteiger partial charge < -0.3 is 10.2 Å². The van der Waals surface area contributed by atoms with Crippen LogP contribution in [0.3, 0.4) is 0 Å². The lowest BCUT2D eigenvalue weighted by atomic mass is 10.3. The molecule has 1 aromatic heterocycles. The van der Waals surface area contributed by atoms with E-state index in [2.05, 4.69) is 15.3 Å². The van der Waals surface area contributed by atoms with Crippen LogP contribution >= 0.6 is 11.8 Å². The third kappa shape index (κ3) is 3.47. The van der Waals surface area contributed by atoms with Gasteiger partial charge in [0.1, 0.15) is 5.82 Å². The number of hydrogen-bond donors (Lipinski definition) is 1. The first-order valence-corrected chi connectivity index (χ1v) is 7.62. The molecular weight excluding hydrogens is 289 g/mol. The molecule has 0 saturated carbocycles. The van der Waals surface area contributed by atoms with Gasteiger partial charge in [-0.15, -0.1) is 0 Å². The predicted molar refractivity (Wildman–Crippen MR) is 75.3 cm³/mol. The zero-order valence-corrected chi connectivity index (χ0v) is 12.2. The fraction of sp³-hybridized carbons (Fsp3) is 0.667. The van der Waals surface area contributed by atoms with Crippen molar-refractivity contribution < 1.29 is 13.2 Å². The van der Waals surface area contributed by atoms with Gasteiger partial charge in [-0.1, -0.05) is 0 Å². The second-order valence-electron chi connectivity index (χ2n) is 4.58. The van der Waals surface area contributed by atoms with E-state index in [-0.39, 0.29) is 12.0 Å². The van der Waals surface area contributed by atoms with Gasteiger partial charge in [-0.25, -0.2) is 4.98 Å². The maximum Gasteiger partial charge on any atom is 0.433 e. The van der Waals surface area contributed by atoms with Crippen molar-refractivity contribution in [3.05, 3.63) is 11.8 Å². The fourth-order valence-corrected chi connectivity index (χ4v) is 3.04. The smallest absolute Gasteiger partial charge is 0.354 e. The second-order valence-corrected chi connectivity index (χ2v) is 5.73. The van der Waals surface area contributed by atoms with Gasteiger partial charge in [0.15, 0.2) is 5.69 Å². The van der Waals surface area contributed by atoms with Crippen LogP contribution in [-0.2, 0) is 6.18 Å². The first-order valence-electron chi connectivity index (χ1n) is 6.46. The predicted octanol–water partition coefficient (Wildman–Crippen LogP) is 2.87. The Balaban J connectivity index is 2.38. The highest BCUT2D eigenvalue weighted by atomic mass is 32.2. The zero-order chi connectivity index (χ0) is 14.8. The Morgan fingerprint density at radius 1 is 1.45 bits per heavy atom. The van der Waals surface area contributed by atoms with E-state index in [1.807, 2.05) is 11.8 Å². The lowest BCUT2D eigenvalue weighted by Gasteiger charge is -2.34. The molecule has 1 aliphatic rings.